The Kier molecular flexibility index (Phi) is 7.62. The summed E-state index contributed by atoms with van der Waals surface area (Å²) < 4.78 is 0. The highest BCUT2D eigenvalue weighted by Gasteiger charge is 2.33. The van der Waals surface area contributed by atoms with Gasteiger partial charge in [-0.05, 0) is 104 Å². The normalized spacial score (nSPS) is 22.7. The molecule has 0 saturated heterocycles. The summed E-state index contributed by atoms with van der Waals surface area (Å²) >= 11 is 0. The van der Waals surface area contributed by atoms with Crippen molar-refractivity contribution in [3.05, 3.63) is 70.3 Å². The molecule has 1 unspecified atom stereocenters. The lowest BCUT2D eigenvalue weighted by Crippen LogP contribution is -2.33. The summed E-state index contributed by atoms with van der Waals surface area (Å²) in [5.74, 6) is 1.79. The molecule has 33 heavy (non-hydrogen) atoms. The molecule has 0 aromatic heterocycles. The van der Waals surface area contributed by atoms with Crippen LogP contribution >= 0.6 is 0 Å². The molecule has 0 heterocycles. The number of carbonyl (C=O) groups is 1. The highest BCUT2D eigenvalue weighted by Crippen LogP contribution is 2.46. The summed E-state index contributed by atoms with van der Waals surface area (Å²) in [6, 6.07) is 16.1. The first-order chi connectivity index (χ1) is 15.8. The van der Waals surface area contributed by atoms with Crippen LogP contribution in [0.3, 0.4) is 0 Å². The Labute approximate surface area is 201 Å². The molecule has 178 valence electrons. The molecule has 1 saturated carbocycles. The van der Waals surface area contributed by atoms with E-state index in [2.05, 4.69) is 75.5 Å². The van der Waals surface area contributed by atoms with Crippen LogP contribution in [0.4, 0.5) is 0 Å². The van der Waals surface area contributed by atoms with E-state index < -0.39 is 0 Å². The van der Waals surface area contributed by atoms with Gasteiger partial charge < -0.3 is 5.32 Å². The summed E-state index contributed by atoms with van der Waals surface area (Å²) in [6.45, 7) is 10.1. The smallest absolute Gasteiger partial charge is 0.223 e. The van der Waals surface area contributed by atoms with Crippen LogP contribution in [0.25, 0.3) is 0 Å². The predicted molar refractivity (Wildman–Crippen MR) is 139 cm³/mol. The molecule has 2 aromatic rings. The highest BCUT2D eigenvalue weighted by molar-refractivity contribution is 5.78. The molecule has 2 heteroatoms. The first kappa shape index (κ1) is 24.0. The lowest BCUT2D eigenvalue weighted by molar-refractivity contribution is -0.126. The fourth-order valence-electron chi connectivity index (χ4n) is 6.03. The first-order valence-electron chi connectivity index (χ1n) is 13.3. The van der Waals surface area contributed by atoms with Gasteiger partial charge in [0, 0.05) is 12.5 Å². The van der Waals surface area contributed by atoms with Gasteiger partial charge in [-0.1, -0.05) is 68.8 Å². The van der Waals surface area contributed by atoms with E-state index in [1.807, 2.05) is 0 Å². The minimum atomic E-state index is 0.204. The minimum absolute atomic E-state index is 0.204. The first-order valence-corrected chi connectivity index (χ1v) is 13.3. The van der Waals surface area contributed by atoms with Gasteiger partial charge in [-0.15, -0.1) is 0 Å². The van der Waals surface area contributed by atoms with E-state index in [9.17, 15) is 4.79 Å². The van der Waals surface area contributed by atoms with Gasteiger partial charge in [0.05, 0.1) is 0 Å². The standard InChI is InChI=1S/C31H43NO/c1-22-8-10-23(11-9-22)7-5-6-20-32-30(33)26-15-12-24(13-16-26)27-17-14-25-18-19-29(28(25)21-27)31(2,3)4/h8-11,14,17,21,24,26,29H,5-7,12-13,15-16,18-20H2,1-4H3,(H,32,33). The number of unbranched alkanes of at least 4 members (excludes halogenated alkanes) is 1. The second-order valence-corrected chi connectivity index (χ2v) is 11.7. The van der Waals surface area contributed by atoms with Crippen LogP contribution in [0.2, 0.25) is 0 Å². The van der Waals surface area contributed by atoms with Gasteiger partial charge in [0.1, 0.15) is 0 Å². The largest absolute Gasteiger partial charge is 0.356 e. The molecule has 2 nitrogen and oxygen atoms in total. The monoisotopic (exact) mass is 445 g/mol. The number of amides is 1. The molecular formula is C31H43NO. The van der Waals surface area contributed by atoms with Crippen molar-refractivity contribution in [1.29, 1.82) is 0 Å². The third-order valence-electron chi connectivity index (χ3n) is 8.17. The maximum Gasteiger partial charge on any atom is 0.223 e. The van der Waals surface area contributed by atoms with Crippen LogP contribution < -0.4 is 5.32 Å². The van der Waals surface area contributed by atoms with Gasteiger partial charge in [-0.25, -0.2) is 0 Å². The number of fused-ring (bicyclic) bond motifs is 1. The molecule has 2 aliphatic carbocycles. The number of aryl methyl sites for hydroxylation is 3. The number of hydrogen-bond acceptors (Lipinski definition) is 1. The highest BCUT2D eigenvalue weighted by atomic mass is 16.1. The van der Waals surface area contributed by atoms with Gasteiger partial charge in [0.15, 0.2) is 0 Å². The fourth-order valence-corrected chi connectivity index (χ4v) is 6.03. The lowest BCUT2D eigenvalue weighted by atomic mass is 9.75. The zero-order valence-electron chi connectivity index (χ0n) is 21.3. The van der Waals surface area contributed by atoms with Gasteiger partial charge in [0.2, 0.25) is 5.91 Å². The quantitative estimate of drug-likeness (QED) is 0.440. The predicted octanol–water partition coefficient (Wildman–Crippen LogP) is 7.48. The minimum Gasteiger partial charge on any atom is -0.356 e. The van der Waals surface area contributed by atoms with Crippen molar-refractivity contribution < 1.29 is 4.79 Å². The van der Waals surface area contributed by atoms with Gasteiger partial charge in [-0.2, -0.15) is 0 Å². The number of rotatable bonds is 7. The third-order valence-corrected chi connectivity index (χ3v) is 8.17. The average Bonchev–Trinajstić information content (AvgIpc) is 3.24. The van der Waals surface area contributed by atoms with Crippen molar-refractivity contribution in [3.8, 4) is 0 Å². The molecule has 0 radical (unpaired) electrons. The molecule has 4 rings (SSSR count). The Bertz CT molecular complexity index is 928. The molecule has 1 fully saturated rings. The van der Waals surface area contributed by atoms with Crippen LogP contribution in [0.1, 0.15) is 105 Å². The van der Waals surface area contributed by atoms with Crippen molar-refractivity contribution in [3.63, 3.8) is 0 Å². The van der Waals surface area contributed by atoms with Crippen molar-refractivity contribution in [1.82, 2.24) is 5.32 Å². The van der Waals surface area contributed by atoms with E-state index in [0.29, 0.717) is 17.3 Å². The lowest BCUT2D eigenvalue weighted by Gasteiger charge is -2.30. The maximum absolute atomic E-state index is 12.7. The van der Waals surface area contributed by atoms with Crippen molar-refractivity contribution >= 4 is 5.91 Å². The Morgan fingerprint density at radius 1 is 0.939 bits per heavy atom. The Hall–Kier alpha value is -2.09. The summed E-state index contributed by atoms with van der Waals surface area (Å²) in [7, 11) is 0. The molecule has 1 amide bonds. The number of carbonyl (C=O) groups excluding carboxylic acids is 1. The van der Waals surface area contributed by atoms with Crippen molar-refractivity contribution in [2.75, 3.05) is 6.54 Å². The summed E-state index contributed by atoms with van der Waals surface area (Å²) in [4.78, 5) is 12.7. The van der Waals surface area contributed by atoms with Crippen LogP contribution in [0, 0.1) is 18.3 Å². The molecule has 1 N–H and O–H groups in total. The SMILES string of the molecule is Cc1ccc(CCCCNC(=O)C2CCC(c3ccc4c(c3)C(C(C)(C)C)CC4)CC2)cc1. The molecule has 2 aliphatic rings. The maximum atomic E-state index is 12.7. The topological polar surface area (TPSA) is 29.1 Å². The molecule has 0 spiro atoms. The summed E-state index contributed by atoms with van der Waals surface area (Å²) in [5, 5.41) is 3.22. The second kappa shape index (κ2) is 10.5. The van der Waals surface area contributed by atoms with Crippen LogP contribution in [0.15, 0.2) is 42.5 Å². The van der Waals surface area contributed by atoms with Crippen molar-refractivity contribution in [2.24, 2.45) is 11.3 Å². The van der Waals surface area contributed by atoms with Crippen LogP contribution in [-0.2, 0) is 17.6 Å². The van der Waals surface area contributed by atoms with E-state index in [1.54, 1.807) is 11.1 Å². The van der Waals surface area contributed by atoms with Gasteiger partial charge in [-0.3, -0.25) is 4.79 Å². The Morgan fingerprint density at radius 2 is 1.67 bits per heavy atom. The van der Waals surface area contributed by atoms with E-state index in [0.717, 1.165) is 51.5 Å². The average molecular weight is 446 g/mol. The molecule has 0 bridgehead atoms. The zero-order valence-corrected chi connectivity index (χ0v) is 21.3. The molecule has 1 atom stereocenters. The Balaban J connectivity index is 1.20. The number of hydrogen-bond donors (Lipinski definition) is 1. The summed E-state index contributed by atoms with van der Waals surface area (Å²) in [6.07, 6.45) is 10.1. The fraction of sp³-hybridized carbons (Fsp3) is 0.581. The van der Waals surface area contributed by atoms with Gasteiger partial charge >= 0.3 is 0 Å². The second-order valence-electron chi connectivity index (χ2n) is 11.7. The molecule has 0 aliphatic heterocycles. The zero-order chi connectivity index (χ0) is 23.4. The van der Waals surface area contributed by atoms with E-state index in [4.69, 9.17) is 0 Å². The Morgan fingerprint density at radius 3 is 2.36 bits per heavy atom. The van der Waals surface area contributed by atoms with Crippen LogP contribution in [-0.4, -0.2) is 12.5 Å². The third kappa shape index (κ3) is 6.08. The van der Waals surface area contributed by atoms with E-state index in [1.165, 1.54) is 29.5 Å². The summed E-state index contributed by atoms with van der Waals surface area (Å²) in [5.41, 5.74) is 7.72. The number of benzene rings is 2. The molecule has 2 aromatic carbocycles. The van der Waals surface area contributed by atoms with Gasteiger partial charge in [0.25, 0.3) is 0 Å². The molecular weight excluding hydrogens is 402 g/mol. The van der Waals surface area contributed by atoms with E-state index >= 15 is 0 Å². The van der Waals surface area contributed by atoms with E-state index in [-0.39, 0.29) is 11.8 Å². The van der Waals surface area contributed by atoms with Crippen molar-refractivity contribution in [2.45, 2.75) is 97.3 Å². The van der Waals surface area contributed by atoms with Crippen LogP contribution in [0.5, 0.6) is 0 Å². The number of nitrogens with one attached hydrogen (secondary N) is 1.